The number of ether oxygens (including phenoxy) is 1. The number of carbonyl (C=O) groups is 1. The number of rotatable bonds is 6. The molecule has 0 bridgehead atoms. The second-order valence-electron chi connectivity index (χ2n) is 5.38. The molecule has 120 valence electrons. The molecule has 23 heavy (non-hydrogen) atoms. The van der Waals surface area contributed by atoms with Crippen molar-refractivity contribution in [2.45, 2.75) is 6.92 Å². The maximum Gasteiger partial charge on any atom is 0.277 e. The third-order valence-electron chi connectivity index (χ3n) is 3.17. The normalized spacial score (nSPS) is 10.6. The van der Waals surface area contributed by atoms with Crippen molar-refractivity contribution in [1.29, 1.82) is 0 Å². The first kappa shape index (κ1) is 16.5. The van der Waals surface area contributed by atoms with E-state index in [1.165, 1.54) is 0 Å². The molecule has 0 spiro atoms. The molecule has 1 N–H and O–H groups in total. The van der Waals surface area contributed by atoms with Gasteiger partial charge in [-0.25, -0.2) is 5.43 Å². The third kappa shape index (κ3) is 5.47. The summed E-state index contributed by atoms with van der Waals surface area (Å²) >= 11 is 0. The van der Waals surface area contributed by atoms with Crippen molar-refractivity contribution >= 4 is 17.8 Å². The number of hydrogen-bond donors (Lipinski definition) is 1. The molecule has 1 amide bonds. The lowest BCUT2D eigenvalue weighted by atomic mass is 10.2. The fraction of sp³-hybridized carbons (Fsp3) is 0.222. The predicted octanol–water partition coefficient (Wildman–Crippen LogP) is 2.59. The van der Waals surface area contributed by atoms with E-state index in [9.17, 15) is 4.79 Å². The smallest absolute Gasteiger partial charge is 0.277 e. The number of benzene rings is 2. The second kappa shape index (κ2) is 7.98. The van der Waals surface area contributed by atoms with Gasteiger partial charge < -0.3 is 9.64 Å². The van der Waals surface area contributed by atoms with E-state index in [0.29, 0.717) is 5.75 Å². The molecule has 5 heteroatoms. The predicted molar refractivity (Wildman–Crippen MR) is 93.2 cm³/mol. The number of nitrogens with zero attached hydrogens (tertiary/aromatic N) is 2. The Morgan fingerprint density at radius 1 is 1.22 bits per heavy atom. The lowest BCUT2D eigenvalue weighted by Gasteiger charge is -2.11. The fourth-order valence-corrected chi connectivity index (χ4v) is 1.92. The first-order valence-corrected chi connectivity index (χ1v) is 7.33. The second-order valence-corrected chi connectivity index (χ2v) is 5.38. The van der Waals surface area contributed by atoms with Gasteiger partial charge in [-0.15, -0.1) is 0 Å². The highest BCUT2D eigenvalue weighted by molar-refractivity contribution is 5.83. The largest absolute Gasteiger partial charge is 0.484 e. The van der Waals surface area contributed by atoms with Crippen molar-refractivity contribution in [2.24, 2.45) is 5.10 Å². The molecule has 2 aromatic rings. The van der Waals surface area contributed by atoms with Crippen LogP contribution in [0.1, 0.15) is 11.1 Å². The molecule has 2 aromatic carbocycles. The van der Waals surface area contributed by atoms with Crippen LogP contribution in [0.3, 0.4) is 0 Å². The minimum atomic E-state index is -0.298. The SMILES string of the molecule is Cc1cccc(OCC(=O)N/N=C/c2ccc(N(C)C)cc2)c1. The van der Waals surface area contributed by atoms with Gasteiger partial charge in [-0.1, -0.05) is 24.3 Å². The van der Waals surface area contributed by atoms with Crippen LogP contribution >= 0.6 is 0 Å². The van der Waals surface area contributed by atoms with Crippen LogP contribution in [0, 0.1) is 6.92 Å². The molecule has 0 fully saturated rings. The van der Waals surface area contributed by atoms with E-state index in [1.54, 1.807) is 6.21 Å². The van der Waals surface area contributed by atoms with Crippen LogP contribution in [-0.4, -0.2) is 32.8 Å². The van der Waals surface area contributed by atoms with Crippen molar-refractivity contribution < 1.29 is 9.53 Å². The highest BCUT2D eigenvalue weighted by Gasteiger charge is 2.01. The molecule has 0 unspecified atom stereocenters. The van der Waals surface area contributed by atoms with Crippen LogP contribution in [0.2, 0.25) is 0 Å². The molecule has 0 atom stereocenters. The Labute approximate surface area is 136 Å². The monoisotopic (exact) mass is 311 g/mol. The molecule has 0 saturated carbocycles. The van der Waals surface area contributed by atoms with Gasteiger partial charge in [0.25, 0.3) is 5.91 Å². The van der Waals surface area contributed by atoms with Gasteiger partial charge in [0, 0.05) is 19.8 Å². The molecular weight excluding hydrogens is 290 g/mol. The lowest BCUT2D eigenvalue weighted by molar-refractivity contribution is -0.123. The van der Waals surface area contributed by atoms with Gasteiger partial charge in [0.2, 0.25) is 0 Å². The van der Waals surface area contributed by atoms with Crippen molar-refractivity contribution in [1.82, 2.24) is 5.43 Å². The molecule has 0 heterocycles. The molecule has 0 aliphatic heterocycles. The number of carbonyl (C=O) groups excluding carboxylic acids is 1. The van der Waals surface area contributed by atoms with Crippen LogP contribution in [0.4, 0.5) is 5.69 Å². The summed E-state index contributed by atoms with van der Waals surface area (Å²) in [7, 11) is 3.97. The molecule has 5 nitrogen and oxygen atoms in total. The molecule has 2 rings (SSSR count). The van der Waals surface area contributed by atoms with Gasteiger partial charge in [-0.05, 0) is 42.3 Å². The molecule has 0 aliphatic rings. The van der Waals surface area contributed by atoms with E-state index in [4.69, 9.17) is 4.74 Å². The van der Waals surface area contributed by atoms with Gasteiger partial charge in [0.1, 0.15) is 5.75 Å². The van der Waals surface area contributed by atoms with Crippen LogP contribution in [0.5, 0.6) is 5.75 Å². The maximum absolute atomic E-state index is 11.7. The number of hydrogen-bond acceptors (Lipinski definition) is 4. The summed E-state index contributed by atoms with van der Waals surface area (Å²) < 4.78 is 5.40. The summed E-state index contributed by atoms with van der Waals surface area (Å²) in [6, 6.07) is 15.4. The Morgan fingerprint density at radius 3 is 2.61 bits per heavy atom. The van der Waals surface area contributed by atoms with Crippen LogP contribution in [0.15, 0.2) is 53.6 Å². The highest BCUT2D eigenvalue weighted by atomic mass is 16.5. The fourth-order valence-electron chi connectivity index (χ4n) is 1.92. The minimum Gasteiger partial charge on any atom is -0.484 e. The molecule has 0 radical (unpaired) electrons. The zero-order valence-electron chi connectivity index (χ0n) is 13.6. The number of amides is 1. The van der Waals surface area contributed by atoms with Gasteiger partial charge in [0.05, 0.1) is 6.21 Å². The lowest BCUT2D eigenvalue weighted by Crippen LogP contribution is -2.24. The maximum atomic E-state index is 11.7. The van der Waals surface area contributed by atoms with E-state index in [2.05, 4.69) is 10.5 Å². The van der Waals surface area contributed by atoms with Gasteiger partial charge in [0.15, 0.2) is 6.61 Å². The molecule has 0 aromatic heterocycles. The summed E-state index contributed by atoms with van der Waals surface area (Å²) in [5.74, 6) is 0.371. The topological polar surface area (TPSA) is 53.9 Å². The Bertz CT molecular complexity index is 679. The van der Waals surface area contributed by atoms with E-state index in [-0.39, 0.29) is 12.5 Å². The van der Waals surface area contributed by atoms with Gasteiger partial charge >= 0.3 is 0 Å². The summed E-state index contributed by atoms with van der Waals surface area (Å²) in [4.78, 5) is 13.7. The van der Waals surface area contributed by atoms with E-state index >= 15 is 0 Å². The highest BCUT2D eigenvalue weighted by Crippen LogP contribution is 2.12. The number of anilines is 1. The Kier molecular flexibility index (Phi) is 5.74. The summed E-state index contributed by atoms with van der Waals surface area (Å²) in [6.07, 6.45) is 1.60. The Balaban J connectivity index is 1.79. The third-order valence-corrected chi connectivity index (χ3v) is 3.17. The van der Waals surface area contributed by atoms with E-state index < -0.39 is 0 Å². The zero-order valence-corrected chi connectivity index (χ0v) is 13.6. The first-order valence-electron chi connectivity index (χ1n) is 7.33. The zero-order chi connectivity index (χ0) is 16.7. The van der Waals surface area contributed by atoms with Crippen LogP contribution < -0.4 is 15.1 Å². The average molecular weight is 311 g/mol. The number of nitrogens with one attached hydrogen (secondary N) is 1. The van der Waals surface area contributed by atoms with Crippen molar-refractivity contribution in [3.63, 3.8) is 0 Å². The van der Waals surface area contributed by atoms with Gasteiger partial charge in [-0.2, -0.15) is 5.10 Å². The van der Waals surface area contributed by atoms with Crippen LogP contribution in [-0.2, 0) is 4.79 Å². The quantitative estimate of drug-likeness (QED) is 0.659. The molecule has 0 saturated heterocycles. The number of hydrazone groups is 1. The standard InChI is InChI=1S/C18H21N3O2/c1-14-5-4-6-17(11-14)23-13-18(22)20-19-12-15-7-9-16(10-8-15)21(2)3/h4-12H,13H2,1-3H3,(H,20,22)/b19-12+. The minimum absolute atomic E-state index is 0.0691. The molecular formula is C18H21N3O2. The summed E-state index contributed by atoms with van der Waals surface area (Å²) in [6.45, 7) is 1.90. The average Bonchev–Trinajstić information content (AvgIpc) is 2.53. The van der Waals surface area contributed by atoms with Gasteiger partial charge in [-0.3, -0.25) is 4.79 Å². The van der Waals surface area contributed by atoms with Crippen molar-refractivity contribution in [2.75, 3.05) is 25.6 Å². The van der Waals surface area contributed by atoms with Crippen molar-refractivity contribution in [3.05, 3.63) is 59.7 Å². The van der Waals surface area contributed by atoms with Crippen molar-refractivity contribution in [3.8, 4) is 5.75 Å². The first-order chi connectivity index (χ1) is 11.0. The Morgan fingerprint density at radius 2 is 1.96 bits per heavy atom. The van der Waals surface area contributed by atoms with E-state index in [1.807, 2.05) is 74.4 Å². The Hall–Kier alpha value is -2.82. The summed E-state index contributed by atoms with van der Waals surface area (Å²) in [5.41, 5.74) is 5.56. The summed E-state index contributed by atoms with van der Waals surface area (Å²) in [5, 5.41) is 3.93. The van der Waals surface area contributed by atoms with E-state index in [0.717, 1.165) is 16.8 Å². The van der Waals surface area contributed by atoms with Crippen LogP contribution in [0.25, 0.3) is 0 Å². The number of aryl methyl sites for hydroxylation is 1. The molecule has 0 aliphatic carbocycles.